The van der Waals surface area contributed by atoms with Crippen LogP contribution in [0.4, 0.5) is 20.2 Å². The highest BCUT2D eigenvalue weighted by atomic mass is 19.3. The third-order valence-electron chi connectivity index (χ3n) is 6.94. The molecule has 0 spiro atoms. The molecular formula is C33H27F2N3O3. The number of benzene rings is 4. The van der Waals surface area contributed by atoms with Crippen LogP contribution < -0.4 is 15.5 Å². The van der Waals surface area contributed by atoms with Gasteiger partial charge in [-0.15, -0.1) is 0 Å². The van der Waals surface area contributed by atoms with Gasteiger partial charge < -0.3 is 15.5 Å². The van der Waals surface area contributed by atoms with Gasteiger partial charge in [-0.25, -0.2) is 8.78 Å². The first-order valence-electron chi connectivity index (χ1n) is 13.1. The number of hydrogen-bond acceptors (Lipinski definition) is 3. The molecule has 0 aliphatic carbocycles. The van der Waals surface area contributed by atoms with Gasteiger partial charge in [-0.05, 0) is 47.5 Å². The monoisotopic (exact) mass is 551 g/mol. The molecule has 1 aliphatic rings. The molecule has 5 rings (SSSR count). The second kappa shape index (κ2) is 11.6. The number of halogens is 2. The number of alkyl halides is 2. The third-order valence-corrected chi connectivity index (χ3v) is 6.94. The number of rotatable bonds is 5. The Morgan fingerprint density at radius 2 is 1.44 bits per heavy atom. The van der Waals surface area contributed by atoms with E-state index in [1.807, 2.05) is 42.5 Å². The fourth-order valence-electron chi connectivity index (χ4n) is 4.84. The van der Waals surface area contributed by atoms with E-state index in [4.69, 9.17) is 0 Å². The van der Waals surface area contributed by atoms with Crippen LogP contribution in [0.25, 0.3) is 16.7 Å². The number of anilines is 2. The molecule has 0 bridgehead atoms. The zero-order valence-electron chi connectivity index (χ0n) is 22.2. The smallest absolute Gasteiger partial charge is 0.275 e. The number of carbonyl (C=O) groups is 3. The van der Waals surface area contributed by atoms with E-state index in [0.29, 0.717) is 16.9 Å². The van der Waals surface area contributed by atoms with Gasteiger partial charge in [0.25, 0.3) is 17.7 Å². The van der Waals surface area contributed by atoms with Crippen molar-refractivity contribution in [1.82, 2.24) is 5.32 Å². The maximum absolute atomic E-state index is 15.2. The van der Waals surface area contributed by atoms with Crippen molar-refractivity contribution in [2.24, 2.45) is 0 Å². The fraction of sp³-hybridized carbons (Fsp3) is 0.121. The van der Waals surface area contributed by atoms with Gasteiger partial charge in [-0.1, -0.05) is 66.7 Å². The molecule has 4 aromatic rings. The molecule has 0 saturated heterocycles. The first kappa shape index (κ1) is 27.5. The van der Waals surface area contributed by atoms with Crippen molar-refractivity contribution in [2.45, 2.75) is 12.3 Å². The van der Waals surface area contributed by atoms with Crippen LogP contribution in [0.3, 0.4) is 0 Å². The lowest BCUT2D eigenvalue weighted by Gasteiger charge is -2.23. The van der Waals surface area contributed by atoms with E-state index in [1.54, 1.807) is 54.6 Å². The van der Waals surface area contributed by atoms with E-state index < -0.39 is 29.7 Å². The van der Waals surface area contributed by atoms with Crippen molar-refractivity contribution in [2.75, 3.05) is 23.8 Å². The van der Waals surface area contributed by atoms with Crippen molar-refractivity contribution >= 4 is 34.7 Å². The van der Waals surface area contributed by atoms with Gasteiger partial charge in [-0.2, -0.15) is 0 Å². The Balaban J connectivity index is 1.39. The molecule has 4 aromatic carbocycles. The van der Waals surface area contributed by atoms with Gasteiger partial charge in [0.15, 0.2) is 0 Å². The Hall–Kier alpha value is -5.11. The van der Waals surface area contributed by atoms with Crippen molar-refractivity contribution in [1.29, 1.82) is 0 Å². The zero-order chi connectivity index (χ0) is 29.0. The Kier molecular flexibility index (Phi) is 7.74. The quantitative estimate of drug-likeness (QED) is 0.281. The molecule has 3 amide bonds. The van der Waals surface area contributed by atoms with Crippen LogP contribution in [0.1, 0.15) is 32.7 Å². The van der Waals surface area contributed by atoms with E-state index in [2.05, 4.69) is 10.6 Å². The maximum Gasteiger partial charge on any atom is 0.275 e. The van der Waals surface area contributed by atoms with Crippen LogP contribution in [0.15, 0.2) is 109 Å². The molecule has 0 unspecified atom stereocenters. The summed E-state index contributed by atoms with van der Waals surface area (Å²) in [6.07, 6.45) is 0.242. The number of allylic oxidation sites excluding steroid dienone is 1. The van der Waals surface area contributed by atoms with Crippen LogP contribution in [-0.4, -0.2) is 37.2 Å². The molecule has 2 N–H and O–H groups in total. The average Bonchev–Trinajstić information content (AvgIpc) is 3.11. The van der Waals surface area contributed by atoms with Crippen LogP contribution in [0.2, 0.25) is 0 Å². The topological polar surface area (TPSA) is 78.5 Å². The Labute approximate surface area is 236 Å². The predicted octanol–water partition coefficient (Wildman–Crippen LogP) is 6.42. The summed E-state index contributed by atoms with van der Waals surface area (Å²) in [6.45, 7) is -0.247. The van der Waals surface area contributed by atoms with Crippen molar-refractivity contribution in [3.05, 3.63) is 126 Å². The lowest BCUT2D eigenvalue weighted by Crippen LogP contribution is -2.33. The maximum atomic E-state index is 15.2. The van der Waals surface area contributed by atoms with Crippen molar-refractivity contribution < 1.29 is 23.2 Å². The van der Waals surface area contributed by atoms with Crippen LogP contribution >= 0.6 is 0 Å². The number of nitrogens with zero attached hydrogens (tertiary/aromatic N) is 1. The minimum Gasteiger partial charge on any atom is -0.356 e. The van der Waals surface area contributed by atoms with Gasteiger partial charge in [-0.3, -0.25) is 14.4 Å². The number of fused-ring (bicyclic) bond motifs is 1. The van der Waals surface area contributed by atoms with E-state index in [1.165, 1.54) is 18.0 Å². The molecule has 0 atom stereocenters. The summed E-state index contributed by atoms with van der Waals surface area (Å²) in [7, 11) is 1.37. The fourth-order valence-corrected chi connectivity index (χ4v) is 4.84. The molecule has 206 valence electrons. The van der Waals surface area contributed by atoms with Gasteiger partial charge in [0.2, 0.25) is 5.91 Å². The Morgan fingerprint density at radius 1 is 0.805 bits per heavy atom. The van der Waals surface area contributed by atoms with Crippen molar-refractivity contribution in [3.63, 3.8) is 0 Å². The van der Waals surface area contributed by atoms with E-state index in [9.17, 15) is 14.4 Å². The molecule has 6 nitrogen and oxygen atoms in total. The van der Waals surface area contributed by atoms with E-state index in [-0.39, 0.29) is 23.6 Å². The number of amides is 3. The van der Waals surface area contributed by atoms with Crippen LogP contribution in [0, 0.1) is 0 Å². The highest BCUT2D eigenvalue weighted by molar-refractivity contribution is 6.11. The first-order valence-corrected chi connectivity index (χ1v) is 13.1. The number of nitrogens with one attached hydrogen (secondary N) is 2. The number of hydrogen-bond donors (Lipinski definition) is 2. The molecule has 0 fully saturated rings. The Bertz CT molecular complexity index is 1630. The largest absolute Gasteiger partial charge is 0.356 e. The third kappa shape index (κ3) is 5.77. The lowest BCUT2D eigenvalue weighted by atomic mass is 9.97. The van der Waals surface area contributed by atoms with Gasteiger partial charge in [0.05, 0.1) is 5.69 Å². The lowest BCUT2D eigenvalue weighted by molar-refractivity contribution is -0.116. The highest BCUT2D eigenvalue weighted by Gasteiger charge is 2.41. The summed E-state index contributed by atoms with van der Waals surface area (Å²) in [5, 5.41) is 5.21. The summed E-state index contributed by atoms with van der Waals surface area (Å²) in [5.74, 6) is -4.75. The summed E-state index contributed by atoms with van der Waals surface area (Å²) < 4.78 is 30.3. The second-order valence-corrected chi connectivity index (χ2v) is 9.54. The average molecular weight is 552 g/mol. The molecule has 1 heterocycles. The number of carbonyl (C=O) groups excluding carboxylic acids is 3. The number of likely N-dealkylation sites (N-methyl/N-ethyl adjacent to an activating group) is 1. The molecule has 41 heavy (non-hydrogen) atoms. The SMILES string of the molecule is CNC(=O)/C=C1/c2ccccc2N(C(=O)c2ccc(NC(=O)c3ccccc3-c3ccccc3)cc2)CCC1(F)F. The van der Waals surface area contributed by atoms with E-state index in [0.717, 1.165) is 17.2 Å². The summed E-state index contributed by atoms with van der Waals surface area (Å²) in [6, 6.07) is 29.5. The number of para-hydroxylation sites is 1. The summed E-state index contributed by atoms with van der Waals surface area (Å²) >= 11 is 0. The molecular weight excluding hydrogens is 524 g/mol. The van der Waals surface area contributed by atoms with E-state index >= 15 is 8.78 Å². The molecule has 0 saturated carbocycles. The van der Waals surface area contributed by atoms with Crippen LogP contribution in [0.5, 0.6) is 0 Å². The van der Waals surface area contributed by atoms with Gasteiger partial charge >= 0.3 is 0 Å². The predicted molar refractivity (Wildman–Crippen MR) is 156 cm³/mol. The molecule has 8 heteroatoms. The zero-order valence-corrected chi connectivity index (χ0v) is 22.2. The first-order chi connectivity index (χ1) is 19.8. The Morgan fingerprint density at radius 3 is 2.15 bits per heavy atom. The van der Waals surface area contributed by atoms with Crippen LogP contribution in [-0.2, 0) is 4.79 Å². The summed E-state index contributed by atoms with van der Waals surface area (Å²) in [4.78, 5) is 40.0. The second-order valence-electron chi connectivity index (χ2n) is 9.54. The highest BCUT2D eigenvalue weighted by Crippen LogP contribution is 2.43. The van der Waals surface area contributed by atoms with Gasteiger partial charge in [0.1, 0.15) is 0 Å². The molecule has 0 aromatic heterocycles. The van der Waals surface area contributed by atoms with Crippen molar-refractivity contribution in [3.8, 4) is 11.1 Å². The molecule has 1 aliphatic heterocycles. The normalized spacial score (nSPS) is 15.0. The minimum atomic E-state index is -3.32. The summed E-state index contributed by atoms with van der Waals surface area (Å²) in [5.41, 5.74) is 2.93. The minimum absolute atomic E-state index is 0.118. The molecule has 0 radical (unpaired) electrons. The standard InChI is InChI=1S/C33H27F2N3O3/c1-36-30(39)21-28-27-13-7-8-14-29(27)38(20-19-33(28,34)35)32(41)23-15-17-24(18-16-23)37-31(40)26-12-6-5-11-25(26)22-9-3-2-4-10-22/h2-18,21H,19-20H2,1H3,(H,36,39)(H,37,40)/b28-21-. The van der Waals surface area contributed by atoms with Gasteiger partial charge in [0, 0.05) is 54.0 Å².